The summed E-state index contributed by atoms with van der Waals surface area (Å²) in [5.41, 5.74) is 5.75. The van der Waals surface area contributed by atoms with Crippen LogP contribution in [0.5, 0.6) is 0 Å². The second-order valence-corrected chi connectivity index (χ2v) is 4.31. The van der Waals surface area contributed by atoms with Gasteiger partial charge in [-0.05, 0) is 25.7 Å². The lowest BCUT2D eigenvalue weighted by atomic mass is 9.85. The number of carbonyl (C=O) groups is 1. The van der Waals surface area contributed by atoms with Crippen LogP contribution in [0.4, 0.5) is 0 Å². The van der Waals surface area contributed by atoms with E-state index in [1.165, 1.54) is 4.90 Å². The Bertz CT molecular complexity index is 213. The lowest BCUT2D eigenvalue weighted by Crippen LogP contribution is -2.40. The molecule has 0 heterocycles. The smallest absolute Gasteiger partial charge is 0.225 e. The molecule has 0 atom stereocenters. The monoisotopic (exact) mass is 216 g/mol. The van der Waals surface area contributed by atoms with Crippen molar-refractivity contribution in [1.29, 1.82) is 0 Å². The van der Waals surface area contributed by atoms with E-state index >= 15 is 0 Å². The van der Waals surface area contributed by atoms with E-state index in [2.05, 4.69) is 0 Å². The minimum absolute atomic E-state index is 0.00463. The summed E-state index contributed by atoms with van der Waals surface area (Å²) >= 11 is 0. The Hall–Kier alpha value is -0.650. The van der Waals surface area contributed by atoms with E-state index in [1.807, 2.05) is 0 Å². The highest BCUT2D eigenvalue weighted by molar-refractivity contribution is 5.78. The first kappa shape index (κ1) is 12.4. The molecule has 15 heavy (non-hydrogen) atoms. The molecule has 1 amide bonds. The van der Waals surface area contributed by atoms with E-state index in [0.29, 0.717) is 0 Å². The Kier molecular flexibility index (Phi) is 4.50. The van der Waals surface area contributed by atoms with Gasteiger partial charge >= 0.3 is 0 Å². The highest BCUT2D eigenvalue weighted by Crippen LogP contribution is 2.24. The van der Waals surface area contributed by atoms with E-state index in [-0.39, 0.29) is 24.4 Å². The van der Waals surface area contributed by atoms with Crippen LogP contribution in [0, 0.1) is 5.92 Å². The highest BCUT2D eigenvalue weighted by atomic mass is 16.5. The molecular weight excluding hydrogens is 196 g/mol. The number of carbonyl (C=O) groups excluding carboxylic acids is 1. The second-order valence-electron chi connectivity index (χ2n) is 4.31. The average molecular weight is 216 g/mol. The van der Waals surface area contributed by atoms with Gasteiger partial charge in [-0.1, -0.05) is 0 Å². The summed E-state index contributed by atoms with van der Waals surface area (Å²) in [5, 5.41) is 17.5. The summed E-state index contributed by atoms with van der Waals surface area (Å²) in [5.74, 6) is 0.00329. The van der Waals surface area contributed by atoms with E-state index < -0.39 is 6.29 Å². The maximum Gasteiger partial charge on any atom is 0.225 e. The largest absolute Gasteiger partial charge is 0.367 e. The molecule has 0 unspecified atom stereocenters. The van der Waals surface area contributed by atoms with Crippen LogP contribution in [-0.4, -0.2) is 46.9 Å². The number of hydrogen-bond donors (Lipinski definition) is 3. The quantitative estimate of drug-likeness (QED) is 0.543. The van der Waals surface area contributed by atoms with Gasteiger partial charge in [-0.15, -0.1) is 0 Å². The maximum absolute atomic E-state index is 11.8. The molecule has 0 spiro atoms. The Morgan fingerprint density at radius 3 is 2.40 bits per heavy atom. The standard InChI is InChI=1S/C10H20N2O3/c1-12(6-9(13)14)10(15)7-2-4-8(11)5-3-7/h7-9,13-14H,2-6,11H2,1H3. The Labute approximate surface area is 89.9 Å². The second kappa shape index (κ2) is 5.44. The Balaban J connectivity index is 2.39. The third-order valence-electron chi connectivity index (χ3n) is 2.93. The van der Waals surface area contributed by atoms with Crippen molar-refractivity contribution in [2.45, 2.75) is 38.0 Å². The number of aliphatic hydroxyl groups is 2. The summed E-state index contributed by atoms with van der Waals surface area (Å²) in [6.45, 7) is -0.0264. The van der Waals surface area contributed by atoms with Crippen molar-refractivity contribution in [2.75, 3.05) is 13.6 Å². The first-order valence-corrected chi connectivity index (χ1v) is 5.37. The van der Waals surface area contributed by atoms with Crippen LogP contribution in [0.2, 0.25) is 0 Å². The van der Waals surface area contributed by atoms with Crippen molar-refractivity contribution < 1.29 is 15.0 Å². The van der Waals surface area contributed by atoms with Crippen LogP contribution < -0.4 is 5.73 Å². The van der Waals surface area contributed by atoms with Gasteiger partial charge in [-0.2, -0.15) is 0 Å². The van der Waals surface area contributed by atoms with Crippen LogP contribution >= 0.6 is 0 Å². The van der Waals surface area contributed by atoms with Gasteiger partial charge in [0.2, 0.25) is 5.91 Å². The topological polar surface area (TPSA) is 86.8 Å². The predicted molar refractivity (Wildman–Crippen MR) is 55.8 cm³/mol. The normalized spacial score (nSPS) is 26.7. The van der Waals surface area contributed by atoms with E-state index in [1.54, 1.807) is 7.05 Å². The number of hydrogen-bond acceptors (Lipinski definition) is 4. The molecule has 0 bridgehead atoms. The Morgan fingerprint density at radius 2 is 1.93 bits per heavy atom. The van der Waals surface area contributed by atoms with Crippen molar-refractivity contribution in [3.63, 3.8) is 0 Å². The molecule has 0 aromatic carbocycles. The van der Waals surface area contributed by atoms with Crippen molar-refractivity contribution in [3.8, 4) is 0 Å². The van der Waals surface area contributed by atoms with Gasteiger partial charge in [-0.3, -0.25) is 4.79 Å². The van der Waals surface area contributed by atoms with Gasteiger partial charge in [0, 0.05) is 19.0 Å². The first-order valence-electron chi connectivity index (χ1n) is 5.37. The zero-order valence-electron chi connectivity index (χ0n) is 9.09. The predicted octanol–water partition coefficient (Wildman–Crippen LogP) is -0.727. The van der Waals surface area contributed by atoms with Crippen molar-refractivity contribution in [1.82, 2.24) is 4.90 Å². The summed E-state index contributed by atoms with van der Waals surface area (Å²) in [6.07, 6.45) is 1.93. The van der Waals surface area contributed by atoms with Crippen LogP contribution in [-0.2, 0) is 4.79 Å². The maximum atomic E-state index is 11.8. The minimum Gasteiger partial charge on any atom is -0.367 e. The number of aliphatic hydroxyl groups excluding tert-OH is 1. The molecule has 1 fully saturated rings. The molecule has 4 N–H and O–H groups in total. The summed E-state index contributed by atoms with van der Waals surface area (Å²) in [4.78, 5) is 13.2. The van der Waals surface area contributed by atoms with Crippen LogP contribution in [0.1, 0.15) is 25.7 Å². The molecular formula is C10H20N2O3. The zero-order chi connectivity index (χ0) is 11.4. The molecule has 1 aliphatic carbocycles. The molecule has 0 aliphatic heterocycles. The van der Waals surface area contributed by atoms with Crippen LogP contribution in [0.15, 0.2) is 0 Å². The SMILES string of the molecule is CN(CC(O)O)C(=O)C1CCC(N)CC1. The average Bonchev–Trinajstić information content (AvgIpc) is 2.17. The summed E-state index contributed by atoms with van der Waals surface area (Å²) in [7, 11) is 1.59. The summed E-state index contributed by atoms with van der Waals surface area (Å²) < 4.78 is 0. The van der Waals surface area contributed by atoms with Gasteiger partial charge in [-0.25, -0.2) is 0 Å². The van der Waals surface area contributed by atoms with Gasteiger partial charge < -0.3 is 20.8 Å². The van der Waals surface area contributed by atoms with E-state index in [0.717, 1.165) is 25.7 Å². The fourth-order valence-corrected chi connectivity index (χ4v) is 2.01. The molecule has 0 aromatic heterocycles. The highest BCUT2D eigenvalue weighted by Gasteiger charge is 2.27. The fourth-order valence-electron chi connectivity index (χ4n) is 2.01. The number of amides is 1. The molecule has 0 aromatic rings. The minimum atomic E-state index is -1.45. The third kappa shape index (κ3) is 3.77. The number of rotatable bonds is 3. The number of likely N-dealkylation sites (N-methyl/N-ethyl adjacent to an activating group) is 1. The summed E-state index contributed by atoms with van der Waals surface area (Å²) in [6, 6.07) is 0.225. The molecule has 88 valence electrons. The van der Waals surface area contributed by atoms with Crippen molar-refractivity contribution in [2.24, 2.45) is 11.7 Å². The molecule has 5 nitrogen and oxygen atoms in total. The molecule has 1 rings (SSSR count). The van der Waals surface area contributed by atoms with Crippen LogP contribution in [0.25, 0.3) is 0 Å². The number of nitrogens with two attached hydrogens (primary N) is 1. The number of nitrogens with zero attached hydrogens (tertiary/aromatic N) is 1. The van der Waals surface area contributed by atoms with Gasteiger partial charge in [0.15, 0.2) is 6.29 Å². The molecule has 5 heteroatoms. The van der Waals surface area contributed by atoms with Gasteiger partial charge in [0.25, 0.3) is 0 Å². The fraction of sp³-hybridized carbons (Fsp3) is 0.900. The molecule has 1 saturated carbocycles. The lowest BCUT2D eigenvalue weighted by Gasteiger charge is -2.29. The van der Waals surface area contributed by atoms with E-state index in [4.69, 9.17) is 15.9 Å². The van der Waals surface area contributed by atoms with E-state index in [9.17, 15) is 4.79 Å². The third-order valence-corrected chi connectivity index (χ3v) is 2.93. The van der Waals surface area contributed by atoms with Crippen molar-refractivity contribution >= 4 is 5.91 Å². The van der Waals surface area contributed by atoms with Crippen LogP contribution in [0.3, 0.4) is 0 Å². The van der Waals surface area contributed by atoms with Gasteiger partial charge in [0.1, 0.15) is 0 Å². The molecule has 1 aliphatic rings. The van der Waals surface area contributed by atoms with Gasteiger partial charge in [0.05, 0.1) is 6.54 Å². The zero-order valence-corrected chi connectivity index (χ0v) is 9.09. The molecule has 0 saturated heterocycles. The van der Waals surface area contributed by atoms with Crippen molar-refractivity contribution in [3.05, 3.63) is 0 Å². The first-order chi connectivity index (χ1) is 7.00. The molecule has 0 radical (unpaired) electrons. The lowest BCUT2D eigenvalue weighted by molar-refractivity contribution is -0.141. The Morgan fingerprint density at radius 1 is 1.40 bits per heavy atom.